The van der Waals surface area contributed by atoms with Crippen molar-refractivity contribution in [2.45, 2.75) is 22.6 Å². The van der Waals surface area contributed by atoms with Gasteiger partial charge in [0.2, 0.25) is 11.8 Å². The number of thiazole rings is 1. The Morgan fingerprint density at radius 3 is 2.46 bits per heavy atom. The van der Waals surface area contributed by atoms with Crippen LogP contribution in [-0.4, -0.2) is 41.7 Å². The van der Waals surface area contributed by atoms with Gasteiger partial charge in [0.05, 0.1) is 29.7 Å². The summed E-state index contributed by atoms with van der Waals surface area (Å²) in [4.78, 5) is 57.8. The highest BCUT2D eigenvalue weighted by molar-refractivity contribution is 8.00. The van der Waals surface area contributed by atoms with Crippen molar-refractivity contribution in [3.05, 3.63) is 98.7 Å². The van der Waals surface area contributed by atoms with Gasteiger partial charge in [-0.25, -0.2) is 4.39 Å². The largest absolute Gasteiger partial charge is 0.493 e. The molecule has 8 rings (SSSR count). The van der Waals surface area contributed by atoms with Crippen LogP contribution in [0.25, 0.3) is 0 Å². The van der Waals surface area contributed by atoms with Crippen molar-refractivity contribution >= 4 is 52.2 Å². The van der Waals surface area contributed by atoms with Gasteiger partial charge in [-0.05, 0) is 78.3 Å². The number of thioether (sulfide) groups is 1. The second-order valence-electron chi connectivity index (χ2n) is 12.1. The lowest BCUT2D eigenvalue weighted by Gasteiger charge is -2.43. The molecule has 2 aliphatic carbocycles. The van der Waals surface area contributed by atoms with Gasteiger partial charge in [0.1, 0.15) is 5.82 Å². The predicted octanol–water partition coefficient (Wildman–Crippen LogP) is 5.28. The molecule has 7 atom stereocenters. The molecule has 2 N–H and O–H groups in total. The standard InChI is InChI=1S/C34H28FN3O6S2/c1-43-23-13-16(7-12-22(23)44-15-24(39)36-18-5-3-2-4-6-18)25-26-20-14-21(29(26)45-31-30(25)46-34(42)37-31)28-27(20)32(40)38(33(28)41)19-10-8-17(35)9-11-19/h2-13,20-21,25-29H,14-15H2,1H3,(H,36,39)(H,37,42)/t20-,21-,25-,26?,27?,28?,29?/m1/s1. The molecule has 3 amide bonds. The molecule has 46 heavy (non-hydrogen) atoms. The number of halogens is 1. The molecule has 12 heteroatoms. The summed E-state index contributed by atoms with van der Waals surface area (Å²) in [7, 11) is 1.53. The molecule has 4 aliphatic rings. The maximum Gasteiger partial charge on any atom is 0.305 e. The smallest absolute Gasteiger partial charge is 0.305 e. The number of nitrogens with zero attached hydrogens (tertiary/aromatic N) is 1. The molecule has 4 unspecified atom stereocenters. The molecule has 3 fully saturated rings. The monoisotopic (exact) mass is 657 g/mol. The van der Waals surface area contributed by atoms with Crippen LogP contribution in [0.1, 0.15) is 22.8 Å². The third-order valence-corrected chi connectivity index (χ3v) is 12.4. The van der Waals surface area contributed by atoms with Crippen LogP contribution in [0.2, 0.25) is 0 Å². The molecule has 234 valence electrons. The number of para-hydroxylation sites is 1. The van der Waals surface area contributed by atoms with E-state index in [9.17, 15) is 23.6 Å². The molecule has 2 bridgehead atoms. The normalized spacial score (nSPS) is 27.3. The zero-order valence-corrected chi connectivity index (χ0v) is 26.1. The minimum atomic E-state index is -0.475. The van der Waals surface area contributed by atoms with Crippen LogP contribution in [-0.2, 0) is 14.4 Å². The number of methoxy groups -OCH3 is 1. The van der Waals surface area contributed by atoms with Gasteiger partial charge in [-0.2, -0.15) is 0 Å². The molecule has 0 spiro atoms. The fourth-order valence-electron chi connectivity index (χ4n) is 8.09. The lowest BCUT2D eigenvalue weighted by atomic mass is 9.68. The van der Waals surface area contributed by atoms with Gasteiger partial charge in [-0.1, -0.05) is 35.6 Å². The number of anilines is 2. The average Bonchev–Trinajstić information content (AvgIpc) is 3.80. The van der Waals surface area contributed by atoms with Gasteiger partial charge in [-0.15, -0.1) is 11.8 Å². The Hall–Kier alpha value is -4.42. The number of benzene rings is 3. The van der Waals surface area contributed by atoms with Crippen LogP contribution in [0, 0.1) is 35.4 Å². The molecule has 0 radical (unpaired) electrons. The summed E-state index contributed by atoms with van der Waals surface area (Å²) >= 11 is 2.78. The van der Waals surface area contributed by atoms with Gasteiger partial charge in [0.15, 0.2) is 18.1 Å². The third-order valence-electron chi connectivity index (χ3n) is 9.77. The number of amides is 3. The topological polar surface area (TPSA) is 118 Å². The summed E-state index contributed by atoms with van der Waals surface area (Å²) in [5.74, 6) is -1.63. The van der Waals surface area contributed by atoms with E-state index in [4.69, 9.17) is 9.47 Å². The van der Waals surface area contributed by atoms with E-state index in [0.29, 0.717) is 22.9 Å². The summed E-state index contributed by atoms with van der Waals surface area (Å²) in [5.41, 5.74) is 1.96. The summed E-state index contributed by atoms with van der Waals surface area (Å²) < 4.78 is 25.2. The summed E-state index contributed by atoms with van der Waals surface area (Å²) in [6.07, 6.45) is 0.747. The summed E-state index contributed by atoms with van der Waals surface area (Å²) in [6.45, 7) is -0.216. The van der Waals surface area contributed by atoms with Crippen molar-refractivity contribution < 1.29 is 28.2 Å². The lowest BCUT2D eigenvalue weighted by Crippen LogP contribution is -2.42. The van der Waals surface area contributed by atoms with Crippen LogP contribution >= 0.6 is 23.1 Å². The quantitative estimate of drug-likeness (QED) is 0.260. The van der Waals surface area contributed by atoms with Crippen LogP contribution in [0.5, 0.6) is 11.5 Å². The van der Waals surface area contributed by atoms with E-state index in [-0.39, 0.29) is 58.1 Å². The summed E-state index contributed by atoms with van der Waals surface area (Å²) in [6, 6.07) is 20.2. The Morgan fingerprint density at radius 2 is 1.72 bits per heavy atom. The third kappa shape index (κ3) is 4.57. The highest BCUT2D eigenvalue weighted by Crippen LogP contribution is 2.68. The number of hydrogen-bond donors (Lipinski definition) is 2. The molecule has 4 aromatic rings. The number of ether oxygens (including phenoxy) is 2. The molecule has 1 aromatic heterocycles. The molecule has 2 saturated carbocycles. The number of H-pyrrole nitrogens is 1. The van der Waals surface area contributed by atoms with E-state index in [1.807, 2.05) is 30.3 Å². The van der Waals surface area contributed by atoms with Crippen molar-refractivity contribution in [3.63, 3.8) is 0 Å². The minimum Gasteiger partial charge on any atom is -0.493 e. The Morgan fingerprint density at radius 1 is 0.978 bits per heavy atom. The number of aromatic nitrogens is 1. The van der Waals surface area contributed by atoms with Gasteiger partial charge in [-0.3, -0.25) is 24.1 Å². The van der Waals surface area contributed by atoms with Crippen molar-refractivity contribution in [1.29, 1.82) is 0 Å². The van der Waals surface area contributed by atoms with Gasteiger partial charge in [0.25, 0.3) is 5.91 Å². The van der Waals surface area contributed by atoms with Crippen LogP contribution in [0.3, 0.4) is 0 Å². The number of imide groups is 1. The van der Waals surface area contributed by atoms with E-state index < -0.39 is 17.7 Å². The van der Waals surface area contributed by atoms with E-state index in [2.05, 4.69) is 10.3 Å². The second kappa shape index (κ2) is 11.1. The van der Waals surface area contributed by atoms with E-state index >= 15 is 0 Å². The molecule has 3 heterocycles. The summed E-state index contributed by atoms with van der Waals surface area (Å²) in [5, 5.41) is 3.61. The Kier molecular flexibility index (Phi) is 7.02. The van der Waals surface area contributed by atoms with E-state index in [0.717, 1.165) is 21.9 Å². The van der Waals surface area contributed by atoms with Crippen molar-refractivity contribution in [1.82, 2.24) is 4.98 Å². The molecule has 2 aliphatic heterocycles. The number of rotatable bonds is 7. The fraction of sp³-hybridized carbons (Fsp3) is 0.294. The first kappa shape index (κ1) is 29.0. The van der Waals surface area contributed by atoms with E-state index in [1.165, 1.54) is 47.6 Å². The zero-order valence-electron chi connectivity index (χ0n) is 24.5. The molecule has 1 saturated heterocycles. The number of carbonyl (C=O) groups is 3. The SMILES string of the molecule is COc1cc([C@H]2c3sc(=O)[nH]c3SC3C2[C@H]2C[C@@H]3C3C(=O)N(c4ccc(F)cc4)C(=O)C32)ccc1OCC(=O)Nc1ccccc1. The highest BCUT2D eigenvalue weighted by atomic mass is 32.2. The molecule has 9 nitrogen and oxygen atoms in total. The maximum atomic E-state index is 13.9. The minimum absolute atomic E-state index is 0.00626. The first-order chi connectivity index (χ1) is 22.3. The first-order valence-corrected chi connectivity index (χ1v) is 16.7. The van der Waals surface area contributed by atoms with Crippen LogP contribution in [0.4, 0.5) is 15.8 Å². The fourth-order valence-corrected chi connectivity index (χ4v) is 11.0. The van der Waals surface area contributed by atoms with Crippen molar-refractivity contribution in [2.24, 2.45) is 29.6 Å². The second-order valence-corrected chi connectivity index (χ2v) is 14.3. The Bertz CT molecular complexity index is 1930. The number of aromatic amines is 1. The Labute approximate surface area is 271 Å². The van der Waals surface area contributed by atoms with Gasteiger partial charge < -0.3 is 19.8 Å². The van der Waals surface area contributed by atoms with Crippen molar-refractivity contribution in [3.8, 4) is 11.5 Å². The van der Waals surface area contributed by atoms with Crippen LogP contribution in [0.15, 0.2) is 82.6 Å². The molecular weight excluding hydrogens is 630 g/mol. The Balaban J connectivity index is 1.10. The van der Waals surface area contributed by atoms with Crippen molar-refractivity contribution in [2.75, 3.05) is 23.9 Å². The van der Waals surface area contributed by atoms with Gasteiger partial charge >= 0.3 is 4.87 Å². The number of nitrogens with one attached hydrogen (secondary N) is 2. The molecular formula is C34H28FN3O6S2. The number of fused-ring (bicyclic) bond motifs is 9. The van der Waals surface area contributed by atoms with Gasteiger partial charge in [0, 0.05) is 21.7 Å². The zero-order chi connectivity index (χ0) is 31.7. The number of carbonyl (C=O) groups excluding carboxylic acids is 3. The predicted molar refractivity (Wildman–Crippen MR) is 171 cm³/mol. The highest BCUT2D eigenvalue weighted by Gasteiger charge is 2.69. The molecule has 3 aromatic carbocycles. The van der Waals surface area contributed by atoms with Crippen LogP contribution < -0.4 is 24.6 Å². The lowest BCUT2D eigenvalue weighted by molar-refractivity contribution is -0.123. The van der Waals surface area contributed by atoms with E-state index in [1.54, 1.807) is 30.0 Å². The average molecular weight is 658 g/mol. The maximum absolute atomic E-state index is 13.9. The first-order valence-electron chi connectivity index (χ1n) is 15.0. The number of hydrogen-bond acceptors (Lipinski definition) is 8.